The van der Waals surface area contributed by atoms with Crippen LogP contribution >= 0.6 is 43.5 Å². The summed E-state index contributed by atoms with van der Waals surface area (Å²) in [6.07, 6.45) is 0. The molecule has 0 bridgehead atoms. The summed E-state index contributed by atoms with van der Waals surface area (Å²) in [5.74, 6) is -0.393. The molecule has 3 aromatic carbocycles. The van der Waals surface area contributed by atoms with Crippen LogP contribution in [-0.4, -0.2) is 25.2 Å². The monoisotopic (exact) mass is 598 g/mol. The van der Waals surface area contributed by atoms with E-state index in [9.17, 15) is 13.2 Å². The number of carbonyl (C=O) groups is 1. The maximum Gasteiger partial charge on any atom is 0.243 e. The average molecular weight is 601 g/mol. The van der Waals surface area contributed by atoms with Gasteiger partial charge in [0.1, 0.15) is 0 Å². The lowest BCUT2D eigenvalue weighted by Gasteiger charge is -2.23. The third-order valence-corrected chi connectivity index (χ3v) is 7.91. The van der Waals surface area contributed by atoms with Crippen LogP contribution in [0.2, 0.25) is 5.02 Å². The predicted octanol–water partition coefficient (Wildman–Crippen LogP) is 5.93. The van der Waals surface area contributed by atoms with Gasteiger partial charge < -0.3 is 5.32 Å². The van der Waals surface area contributed by atoms with E-state index >= 15 is 0 Å². The van der Waals surface area contributed by atoms with Gasteiger partial charge in [0.15, 0.2) is 0 Å². The fourth-order valence-corrected chi connectivity index (χ4v) is 5.10. The highest BCUT2D eigenvalue weighted by Gasteiger charge is 2.27. The Balaban J connectivity index is 1.82. The van der Waals surface area contributed by atoms with Crippen molar-refractivity contribution >= 4 is 59.4 Å². The zero-order valence-electron chi connectivity index (χ0n) is 17.1. The van der Waals surface area contributed by atoms with Gasteiger partial charge in [-0.2, -0.15) is 4.31 Å². The van der Waals surface area contributed by atoms with E-state index in [1.807, 2.05) is 55.5 Å². The van der Waals surface area contributed by atoms with Gasteiger partial charge in [-0.3, -0.25) is 4.79 Å². The van der Waals surface area contributed by atoms with Gasteiger partial charge in [-0.1, -0.05) is 67.7 Å². The molecule has 0 fully saturated rings. The molecule has 0 unspecified atom stereocenters. The van der Waals surface area contributed by atoms with E-state index in [1.165, 1.54) is 28.6 Å². The molecule has 5 nitrogen and oxygen atoms in total. The number of carbonyl (C=O) groups excluding carboxylic acids is 1. The van der Waals surface area contributed by atoms with Gasteiger partial charge in [-0.15, -0.1) is 0 Å². The molecule has 0 saturated heterocycles. The van der Waals surface area contributed by atoms with Gasteiger partial charge in [0.05, 0.1) is 17.5 Å². The first-order valence-electron chi connectivity index (χ1n) is 9.70. The first-order valence-corrected chi connectivity index (χ1v) is 13.1. The lowest BCUT2D eigenvalue weighted by Crippen LogP contribution is -2.41. The highest BCUT2D eigenvalue weighted by molar-refractivity contribution is 9.10. The largest absolute Gasteiger partial charge is 0.348 e. The molecule has 32 heavy (non-hydrogen) atoms. The molecule has 0 aromatic heterocycles. The van der Waals surface area contributed by atoms with Crippen LogP contribution in [0.25, 0.3) is 0 Å². The summed E-state index contributed by atoms with van der Waals surface area (Å²) in [5, 5.41) is 3.32. The molecule has 0 heterocycles. The molecule has 1 N–H and O–H groups in total. The van der Waals surface area contributed by atoms with Crippen molar-refractivity contribution in [3.8, 4) is 0 Å². The van der Waals surface area contributed by atoms with E-state index in [0.717, 1.165) is 20.1 Å². The van der Waals surface area contributed by atoms with Gasteiger partial charge >= 0.3 is 0 Å². The van der Waals surface area contributed by atoms with Crippen LogP contribution in [0, 0.1) is 0 Å². The number of amides is 1. The topological polar surface area (TPSA) is 66.5 Å². The smallest absolute Gasteiger partial charge is 0.243 e. The van der Waals surface area contributed by atoms with Gasteiger partial charge in [-0.25, -0.2) is 8.42 Å². The van der Waals surface area contributed by atoms with Crippen LogP contribution in [0.4, 0.5) is 0 Å². The van der Waals surface area contributed by atoms with E-state index < -0.39 is 15.9 Å². The van der Waals surface area contributed by atoms with E-state index in [1.54, 1.807) is 0 Å². The average Bonchev–Trinajstić information content (AvgIpc) is 2.75. The third-order valence-electron chi connectivity index (χ3n) is 4.79. The summed E-state index contributed by atoms with van der Waals surface area (Å²) in [7, 11) is -3.93. The van der Waals surface area contributed by atoms with Crippen LogP contribution in [0.1, 0.15) is 24.1 Å². The van der Waals surface area contributed by atoms with E-state index in [4.69, 9.17) is 11.6 Å². The molecule has 0 radical (unpaired) electrons. The Morgan fingerprint density at radius 3 is 2.03 bits per heavy atom. The van der Waals surface area contributed by atoms with E-state index in [0.29, 0.717) is 5.02 Å². The minimum atomic E-state index is -3.93. The Labute approximate surface area is 210 Å². The van der Waals surface area contributed by atoms with Crippen molar-refractivity contribution in [3.63, 3.8) is 0 Å². The zero-order chi connectivity index (χ0) is 23.3. The number of benzene rings is 3. The summed E-state index contributed by atoms with van der Waals surface area (Å²) in [6, 6.07) is 20.5. The molecule has 1 amide bonds. The van der Waals surface area contributed by atoms with E-state index in [-0.39, 0.29) is 24.0 Å². The zero-order valence-corrected chi connectivity index (χ0v) is 21.9. The maximum absolute atomic E-state index is 13.3. The highest BCUT2D eigenvalue weighted by atomic mass is 79.9. The van der Waals surface area contributed by atoms with Crippen LogP contribution in [0.15, 0.2) is 86.6 Å². The second-order valence-corrected chi connectivity index (χ2v) is 11.4. The second kappa shape index (κ2) is 10.9. The highest BCUT2D eigenvalue weighted by Crippen LogP contribution is 2.22. The summed E-state index contributed by atoms with van der Waals surface area (Å²) >= 11 is 12.7. The molecule has 0 aliphatic carbocycles. The number of hydrogen-bond acceptors (Lipinski definition) is 3. The Hall–Kier alpha value is -1.71. The van der Waals surface area contributed by atoms with Crippen molar-refractivity contribution in [1.29, 1.82) is 0 Å². The number of nitrogens with zero attached hydrogens (tertiary/aromatic N) is 1. The molecule has 0 aliphatic heterocycles. The third kappa shape index (κ3) is 6.65. The number of sulfonamides is 1. The van der Waals surface area contributed by atoms with Crippen molar-refractivity contribution < 1.29 is 13.2 Å². The van der Waals surface area contributed by atoms with Gasteiger partial charge in [-0.05, 0) is 66.6 Å². The summed E-state index contributed by atoms with van der Waals surface area (Å²) in [4.78, 5) is 12.9. The van der Waals surface area contributed by atoms with Crippen molar-refractivity contribution in [3.05, 3.63) is 97.9 Å². The van der Waals surface area contributed by atoms with Gasteiger partial charge in [0.2, 0.25) is 15.9 Å². The minimum absolute atomic E-state index is 0.0539. The first kappa shape index (κ1) is 24.9. The molecular weight excluding hydrogens is 580 g/mol. The molecule has 168 valence electrons. The van der Waals surface area contributed by atoms with Crippen molar-refractivity contribution in [2.75, 3.05) is 6.54 Å². The number of halogens is 3. The molecule has 0 aliphatic rings. The fourth-order valence-electron chi connectivity index (χ4n) is 3.06. The summed E-state index contributed by atoms with van der Waals surface area (Å²) < 4.78 is 29.7. The Morgan fingerprint density at radius 1 is 0.938 bits per heavy atom. The van der Waals surface area contributed by atoms with Crippen LogP contribution in [0.5, 0.6) is 0 Å². The van der Waals surface area contributed by atoms with Crippen molar-refractivity contribution in [2.24, 2.45) is 0 Å². The SMILES string of the molecule is C[C@@H](NC(=O)CN(Cc1ccc(Br)cc1)S(=O)(=O)c1ccc(Cl)cc1)c1ccc(Br)cc1. The lowest BCUT2D eigenvalue weighted by atomic mass is 10.1. The summed E-state index contributed by atoms with van der Waals surface area (Å²) in [6.45, 7) is 1.59. The minimum Gasteiger partial charge on any atom is -0.348 e. The molecule has 3 rings (SSSR count). The van der Waals surface area contributed by atoms with E-state index in [2.05, 4.69) is 37.2 Å². The Kier molecular flexibility index (Phi) is 8.52. The standard InChI is InChI=1S/C23H21Br2ClN2O3S/c1-16(18-4-8-20(25)9-5-18)27-23(29)15-28(14-17-2-6-19(24)7-3-17)32(30,31)22-12-10-21(26)11-13-22/h2-13,16H,14-15H2,1H3,(H,27,29)/t16-/m1/s1. The maximum atomic E-state index is 13.3. The second-order valence-electron chi connectivity index (χ2n) is 7.19. The van der Waals surface area contributed by atoms with Gasteiger partial charge in [0, 0.05) is 20.5 Å². The molecule has 0 spiro atoms. The Bertz CT molecular complexity index is 1170. The fraction of sp³-hybridized carbons (Fsp3) is 0.174. The Morgan fingerprint density at radius 2 is 1.47 bits per heavy atom. The van der Waals surface area contributed by atoms with Crippen LogP contribution in [-0.2, 0) is 21.4 Å². The van der Waals surface area contributed by atoms with Crippen molar-refractivity contribution in [1.82, 2.24) is 9.62 Å². The lowest BCUT2D eigenvalue weighted by molar-refractivity contribution is -0.122. The normalized spacial score (nSPS) is 12.5. The first-order chi connectivity index (χ1) is 15.1. The quantitative estimate of drug-likeness (QED) is 0.349. The molecule has 0 saturated carbocycles. The van der Waals surface area contributed by atoms with Crippen LogP contribution < -0.4 is 5.32 Å². The van der Waals surface area contributed by atoms with Gasteiger partial charge in [0.25, 0.3) is 0 Å². The van der Waals surface area contributed by atoms with Crippen LogP contribution in [0.3, 0.4) is 0 Å². The van der Waals surface area contributed by atoms with Crippen molar-refractivity contribution in [2.45, 2.75) is 24.4 Å². The molecular formula is C23H21Br2ClN2O3S. The molecule has 9 heteroatoms. The number of hydrogen-bond donors (Lipinski definition) is 1. The molecule has 1 atom stereocenters. The number of rotatable bonds is 8. The predicted molar refractivity (Wildman–Crippen MR) is 134 cm³/mol. The summed E-state index contributed by atoms with van der Waals surface area (Å²) in [5.41, 5.74) is 1.68. The number of nitrogens with one attached hydrogen (secondary N) is 1. The molecule has 3 aromatic rings.